The molecule has 0 heterocycles. The lowest BCUT2D eigenvalue weighted by Gasteiger charge is -1.87. The maximum atomic E-state index is 5.49. The van der Waals surface area contributed by atoms with Crippen molar-refractivity contribution >= 4 is 11.6 Å². The van der Waals surface area contributed by atoms with E-state index >= 15 is 0 Å². The third-order valence-corrected chi connectivity index (χ3v) is 1.27. The molecule has 46 valence electrons. The topological polar surface area (TPSA) is 0 Å². The molecule has 0 amide bonds. The highest BCUT2D eigenvalue weighted by Gasteiger charge is 1.79. The first-order valence-electron chi connectivity index (χ1n) is 2.63. The molecule has 0 aromatic rings. The summed E-state index contributed by atoms with van der Waals surface area (Å²) in [7, 11) is 0. The Labute approximate surface area is 55.9 Å². The minimum atomic E-state index is 0.633. The van der Waals surface area contributed by atoms with Crippen molar-refractivity contribution in [3.8, 4) is 0 Å². The van der Waals surface area contributed by atoms with E-state index in [1.54, 1.807) is 0 Å². The minimum absolute atomic E-state index is 0.633. The van der Waals surface area contributed by atoms with Gasteiger partial charge in [0.05, 0.1) is 0 Å². The van der Waals surface area contributed by atoms with Gasteiger partial charge < -0.3 is 0 Å². The van der Waals surface area contributed by atoms with Crippen LogP contribution in [-0.4, -0.2) is 5.88 Å². The molecule has 1 heteroatoms. The Morgan fingerprint density at radius 2 is 2.38 bits per heavy atom. The summed E-state index contributed by atoms with van der Waals surface area (Å²) in [6.45, 7) is 5.59. The van der Waals surface area contributed by atoms with Gasteiger partial charge in [0, 0.05) is 5.88 Å². The van der Waals surface area contributed by atoms with Crippen LogP contribution in [0.25, 0.3) is 0 Å². The van der Waals surface area contributed by atoms with Crippen molar-refractivity contribution in [3.63, 3.8) is 0 Å². The lowest BCUT2D eigenvalue weighted by molar-refractivity contribution is 1.29. The second-order valence-electron chi connectivity index (χ2n) is 1.71. The van der Waals surface area contributed by atoms with E-state index in [1.807, 2.05) is 13.0 Å². The SMILES string of the molecule is C=CC/C=C(/C)CCl. The van der Waals surface area contributed by atoms with Crippen molar-refractivity contribution in [2.45, 2.75) is 13.3 Å². The fourth-order valence-electron chi connectivity index (χ4n) is 0.339. The van der Waals surface area contributed by atoms with Gasteiger partial charge in [-0.15, -0.1) is 18.2 Å². The van der Waals surface area contributed by atoms with Crippen molar-refractivity contribution in [2.75, 3.05) is 5.88 Å². The highest BCUT2D eigenvalue weighted by Crippen LogP contribution is 1.96. The molecule has 0 unspecified atom stereocenters. The van der Waals surface area contributed by atoms with Crippen LogP contribution in [0, 0.1) is 0 Å². The fraction of sp³-hybridized carbons (Fsp3) is 0.429. The van der Waals surface area contributed by atoms with Crippen molar-refractivity contribution in [1.29, 1.82) is 0 Å². The molecule has 0 nitrogen and oxygen atoms in total. The Balaban J connectivity index is 3.40. The van der Waals surface area contributed by atoms with Gasteiger partial charge in [0.15, 0.2) is 0 Å². The van der Waals surface area contributed by atoms with E-state index in [1.165, 1.54) is 5.57 Å². The van der Waals surface area contributed by atoms with E-state index in [0.717, 1.165) is 6.42 Å². The number of alkyl halides is 1. The Hall–Kier alpha value is -0.230. The molecule has 0 aliphatic rings. The molecule has 0 saturated carbocycles. The first-order valence-corrected chi connectivity index (χ1v) is 3.17. The molecule has 0 bridgehead atoms. The van der Waals surface area contributed by atoms with E-state index in [9.17, 15) is 0 Å². The van der Waals surface area contributed by atoms with Gasteiger partial charge in [-0.3, -0.25) is 0 Å². The van der Waals surface area contributed by atoms with Gasteiger partial charge in [-0.2, -0.15) is 0 Å². The first kappa shape index (κ1) is 7.77. The molecule has 0 aromatic heterocycles. The monoisotopic (exact) mass is 130 g/mol. The lowest BCUT2D eigenvalue weighted by Crippen LogP contribution is -1.73. The van der Waals surface area contributed by atoms with Crippen molar-refractivity contribution in [3.05, 3.63) is 24.3 Å². The Kier molecular flexibility index (Phi) is 4.78. The van der Waals surface area contributed by atoms with E-state index in [4.69, 9.17) is 11.6 Å². The molecule has 8 heavy (non-hydrogen) atoms. The van der Waals surface area contributed by atoms with Crippen LogP contribution in [-0.2, 0) is 0 Å². The average Bonchev–Trinajstić information content (AvgIpc) is 1.83. The maximum absolute atomic E-state index is 5.49. The maximum Gasteiger partial charge on any atom is 0.0430 e. The molecule has 0 fully saturated rings. The zero-order chi connectivity index (χ0) is 6.41. The van der Waals surface area contributed by atoms with Gasteiger partial charge in [-0.1, -0.05) is 17.7 Å². The minimum Gasteiger partial charge on any atom is -0.122 e. The van der Waals surface area contributed by atoms with Crippen LogP contribution in [0.3, 0.4) is 0 Å². The quantitative estimate of drug-likeness (QED) is 0.407. The third kappa shape index (κ3) is 3.94. The van der Waals surface area contributed by atoms with Crippen LogP contribution < -0.4 is 0 Å². The van der Waals surface area contributed by atoms with Gasteiger partial charge >= 0.3 is 0 Å². The van der Waals surface area contributed by atoms with E-state index in [2.05, 4.69) is 12.7 Å². The summed E-state index contributed by atoms with van der Waals surface area (Å²) in [5.74, 6) is 0.633. The summed E-state index contributed by atoms with van der Waals surface area (Å²) in [4.78, 5) is 0. The Morgan fingerprint density at radius 3 is 2.75 bits per heavy atom. The molecule has 0 atom stereocenters. The number of hydrogen-bond donors (Lipinski definition) is 0. The van der Waals surface area contributed by atoms with Gasteiger partial charge in [-0.25, -0.2) is 0 Å². The highest BCUT2D eigenvalue weighted by atomic mass is 35.5. The molecule has 0 saturated heterocycles. The summed E-state index contributed by atoms with van der Waals surface area (Å²) in [6, 6.07) is 0. The van der Waals surface area contributed by atoms with Crippen LogP contribution >= 0.6 is 11.6 Å². The lowest BCUT2D eigenvalue weighted by atomic mass is 10.3. The van der Waals surface area contributed by atoms with E-state index in [-0.39, 0.29) is 0 Å². The molecule has 0 aliphatic heterocycles. The Bertz CT molecular complexity index is 92.6. The normalized spacial score (nSPS) is 11.5. The van der Waals surface area contributed by atoms with Crippen LogP contribution in [0.2, 0.25) is 0 Å². The van der Waals surface area contributed by atoms with Crippen LogP contribution in [0.15, 0.2) is 24.3 Å². The summed E-state index contributed by atoms with van der Waals surface area (Å²) < 4.78 is 0. The largest absolute Gasteiger partial charge is 0.122 e. The van der Waals surface area contributed by atoms with Gasteiger partial charge in [0.1, 0.15) is 0 Å². The van der Waals surface area contributed by atoms with Crippen molar-refractivity contribution in [2.24, 2.45) is 0 Å². The van der Waals surface area contributed by atoms with Crippen LogP contribution in [0.4, 0.5) is 0 Å². The smallest absolute Gasteiger partial charge is 0.0430 e. The third-order valence-electron chi connectivity index (χ3n) is 0.844. The predicted molar refractivity (Wildman–Crippen MR) is 39.3 cm³/mol. The molecule has 0 spiro atoms. The van der Waals surface area contributed by atoms with E-state index < -0.39 is 0 Å². The zero-order valence-electron chi connectivity index (χ0n) is 5.15. The molecule has 0 aliphatic carbocycles. The summed E-state index contributed by atoms with van der Waals surface area (Å²) in [6.07, 6.45) is 4.86. The Morgan fingerprint density at radius 1 is 1.75 bits per heavy atom. The number of halogens is 1. The van der Waals surface area contributed by atoms with Gasteiger partial charge in [0.25, 0.3) is 0 Å². The molecule has 0 aromatic carbocycles. The molecule has 0 radical (unpaired) electrons. The van der Waals surface area contributed by atoms with Gasteiger partial charge in [0.2, 0.25) is 0 Å². The second kappa shape index (κ2) is 4.92. The summed E-state index contributed by atoms with van der Waals surface area (Å²) >= 11 is 5.49. The van der Waals surface area contributed by atoms with E-state index in [0.29, 0.717) is 5.88 Å². The van der Waals surface area contributed by atoms with Crippen molar-refractivity contribution in [1.82, 2.24) is 0 Å². The molecule has 0 N–H and O–H groups in total. The van der Waals surface area contributed by atoms with Crippen LogP contribution in [0.1, 0.15) is 13.3 Å². The molecule has 0 rings (SSSR count). The second-order valence-corrected chi connectivity index (χ2v) is 1.98. The number of hydrogen-bond acceptors (Lipinski definition) is 0. The number of allylic oxidation sites excluding steroid dienone is 3. The first-order chi connectivity index (χ1) is 3.81. The summed E-state index contributed by atoms with van der Waals surface area (Å²) in [5.41, 5.74) is 1.21. The average molecular weight is 131 g/mol. The number of rotatable bonds is 3. The van der Waals surface area contributed by atoms with Crippen molar-refractivity contribution < 1.29 is 0 Å². The van der Waals surface area contributed by atoms with Gasteiger partial charge in [-0.05, 0) is 13.3 Å². The fourth-order valence-corrected chi connectivity index (χ4v) is 0.448. The zero-order valence-corrected chi connectivity index (χ0v) is 5.91. The molecular formula is C7H11Cl. The summed E-state index contributed by atoms with van der Waals surface area (Å²) in [5, 5.41) is 0. The predicted octanol–water partition coefficient (Wildman–Crippen LogP) is 2.75. The highest BCUT2D eigenvalue weighted by molar-refractivity contribution is 6.19. The van der Waals surface area contributed by atoms with Crippen LogP contribution in [0.5, 0.6) is 0 Å². The standard InChI is InChI=1S/C7H11Cl/c1-3-4-5-7(2)6-8/h3,5H,1,4,6H2,2H3/b7-5-. The molecular weight excluding hydrogens is 120 g/mol.